The summed E-state index contributed by atoms with van der Waals surface area (Å²) in [6.07, 6.45) is 10.5. The highest BCUT2D eigenvalue weighted by molar-refractivity contribution is 4.41. The molecule has 0 radical (unpaired) electrons. The molecule has 0 aliphatic rings. The molecule has 2 heteroatoms. The van der Waals surface area contributed by atoms with Gasteiger partial charge >= 0.3 is 0 Å². The smallest absolute Gasteiger partial charge is 0.0466 e. The highest BCUT2D eigenvalue weighted by atomic mass is 16.5. The Morgan fingerprint density at radius 3 is 1.43 bits per heavy atom. The summed E-state index contributed by atoms with van der Waals surface area (Å²) in [6.45, 7) is 6.44. The highest BCUT2D eigenvalue weighted by Gasteiger charge is 1.90. The quantitative estimate of drug-likeness (QED) is 0.503. The van der Waals surface area contributed by atoms with Crippen molar-refractivity contribution in [1.82, 2.24) is 0 Å². The molecular weight excluding hydrogens is 176 g/mol. The van der Waals surface area contributed by atoms with Gasteiger partial charge in [-0.2, -0.15) is 0 Å². The molecule has 0 aliphatic heterocycles. The van der Waals surface area contributed by atoms with E-state index < -0.39 is 0 Å². The number of hydrogen-bond acceptors (Lipinski definition) is 1. The Balaban J connectivity index is 0. The van der Waals surface area contributed by atoms with Crippen LogP contribution in [0.25, 0.3) is 0 Å². The fourth-order valence-corrected chi connectivity index (χ4v) is 1.36. The monoisotopic (exact) mass is 204 g/mol. The van der Waals surface area contributed by atoms with E-state index in [2.05, 4.69) is 13.8 Å². The lowest BCUT2D eigenvalue weighted by molar-refractivity contribution is 0.126. The Bertz CT molecular complexity index is 74.4. The Labute approximate surface area is 89.3 Å². The molecule has 0 aromatic carbocycles. The van der Waals surface area contributed by atoms with Crippen LogP contribution in [-0.4, -0.2) is 18.7 Å². The lowest BCUT2D eigenvalue weighted by Crippen LogP contribution is -1.96. The van der Waals surface area contributed by atoms with Gasteiger partial charge in [-0.1, -0.05) is 52.4 Å². The molecule has 2 N–H and O–H groups in total. The molecule has 0 aromatic heterocycles. The van der Waals surface area contributed by atoms with Crippen molar-refractivity contribution in [2.75, 3.05) is 13.2 Å². The summed E-state index contributed by atoms with van der Waals surface area (Å²) < 4.78 is 5.53. The topological polar surface area (TPSA) is 40.7 Å². The molecule has 0 rings (SSSR count). The third-order valence-corrected chi connectivity index (χ3v) is 2.28. The van der Waals surface area contributed by atoms with Gasteiger partial charge in [-0.3, -0.25) is 0 Å². The summed E-state index contributed by atoms with van der Waals surface area (Å²) in [7, 11) is 0. The standard InChI is InChI=1S/C12H26O.H2O/c1-3-5-7-9-11-13-12-10-8-6-4-2;/h3-12H2,1-2H3;1H2. The van der Waals surface area contributed by atoms with Crippen LogP contribution in [0.4, 0.5) is 0 Å². The van der Waals surface area contributed by atoms with Gasteiger partial charge in [0.1, 0.15) is 0 Å². The maximum Gasteiger partial charge on any atom is 0.0466 e. The van der Waals surface area contributed by atoms with Crippen molar-refractivity contribution in [2.24, 2.45) is 0 Å². The van der Waals surface area contributed by atoms with Crippen LogP contribution in [0.5, 0.6) is 0 Å². The molecule has 0 saturated heterocycles. The average molecular weight is 204 g/mol. The summed E-state index contributed by atoms with van der Waals surface area (Å²) in [5, 5.41) is 0. The molecular formula is C12H28O2. The average Bonchev–Trinajstić information content (AvgIpc) is 2.16. The van der Waals surface area contributed by atoms with Crippen LogP contribution < -0.4 is 0 Å². The van der Waals surface area contributed by atoms with Crippen LogP contribution in [0.2, 0.25) is 0 Å². The molecule has 0 unspecified atom stereocenters. The molecule has 0 aliphatic carbocycles. The summed E-state index contributed by atoms with van der Waals surface area (Å²) in [4.78, 5) is 0. The van der Waals surface area contributed by atoms with Crippen molar-refractivity contribution in [3.63, 3.8) is 0 Å². The van der Waals surface area contributed by atoms with Crippen molar-refractivity contribution in [3.05, 3.63) is 0 Å². The highest BCUT2D eigenvalue weighted by Crippen LogP contribution is 2.01. The van der Waals surface area contributed by atoms with Gasteiger partial charge in [0.05, 0.1) is 0 Å². The zero-order chi connectivity index (χ0) is 9.78. The first-order valence-electron chi connectivity index (χ1n) is 5.99. The number of unbranched alkanes of at least 4 members (excludes halogenated alkanes) is 6. The fourth-order valence-electron chi connectivity index (χ4n) is 1.36. The third kappa shape index (κ3) is 14.4. The largest absolute Gasteiger partial charge is 0.412 e. The van der Waals surface area contributed by atoms with Gasteiger partial charge in [0, 0.05) is 13.2 Å². The molecule has 0 aromatic rings. The molecule has 0 fully saturated rings. The Kier molecular flexibility index (Phi) is 18.0. The molecule has 0 amide bonds. The van der Waals surface area contributed by atoms with Crippen molar-refractivity contribution in [1.29, 1.82) is 0 Å². The summed E-state index contributed by atoms with van der Waals surface area (Å²) in [6, 6.07) is 0. The summed E-state index contributed by atoms with van der Waals surface area (Å²) >= 11 is 0. The van der Waals surface area contributed by atoms with Gasteiger partial charge in [0.15, 0.2) is 0 Å². The number of ether oxygens (including phenoxy) is 1. The fraction of sp³-hybridized carbons (Fsp3) is 1.00. The predicted octanol–water partition coefficient (Wildman–Crippen LogP) is 3.34. The van der Waals surface area contributed by atoms with Crippen LogP contribution >= 0.6 is 0 Å². The molecule has 2 nitrogen and oxygen atoms in total. The molecule has 0 spiro atoms. The van der Waals surface area contributed by atoms with Crippen molar-refractivity contribution < 1.29 is 10.2 Å². The summed E-state index contributed by atoms with van der Waals surface area (Å²) in [5.41, 5.74) is 0. The van der Waals surface area contributed by atoms with E-state index in [0.717, 1.165) is 13.2 Å². The zero-order valence-corrected chi connectivity index (χ0v) is 9.98. The van der Waals surface area contributed by atoms with Gasteiger partial charge in [-0.15, -0.1) is 0 Å². The van der Waals surface area contributed by atoms with Crippen LogP contribution in [0.1, 0.15) is 65.2 Å². The van der Waals surface area contributed by atoms with Crippen LogP contribution in [0.3, 0.4) is 0 Å². The first kappa shape index (κ1) is 16.4. The van der Waals surface area contributed by atoms with E-state index in [1.54, 1.807) is 0 Å². The first-order chi connectivity index (χ1) is 6.41. The number of rotatable bonds is 10. The second-order valence-electron chi connectivity index (χ2n) is 3.73. The predicted molar refractivity (Wildman–Crippen MR) is 62.7 cm³/mol. The SMILES string of the molecule is CCCCCCOCCCCCC.O. The van der Waals surface area contributed by atoms with Crippen molar-refractivity contribution >= 4 is 0 Å². The van der Waals surface area contributed by atoms with Crippen LogP contribution in [-0.2, 0) is 4.74 Å². The molecule has 0 atom stereocenters. The normalized spacial score (nSPS) is 9.86. The first-order valence-corrected chi connectivity index (χ1v) is 5.99. The second kappa shape index (κ2) is 15.4. The third-order valence-electron chi connectivity index (χ3n) is 2.28. The van der Waals surface area contributed by atoms with E-state index >= 15 is 0 Å². The Hall–Kier alpha value is -0.0800. The zero-order valence-electron chi connectivity index (χ0n) is 9.98. The molecule has 88 valence electrons. The maximum absolute atomic E-state index is 5.53. The van der Waals surface area contributed by atoms with Gasteiger partial charge < -0.3 is 10.2 Å². The minimum absolute atomic E-state index is 0. The lowest BCUT2D eigenvalue weighted by atomic mass is 10.2. The van der Waals surface area contributed by atoms with Gasteiger partial charge in [0.25, 0.3) is 0 Å². The van der Waals surface area contributed by atoms with Crippen LogP contribution in [0.15, 0.2) is 0 Å². The summed E-state index contributed by atoms with van der Waals surface area (Å²) in [5.74, 6) is 0. The Morgan fingerprint density at radius 2 is 1.07 bits per heavy atom. The van der Waals surface area contributed by atoms with Gasteiger partial charge in [-0.25, -0.2) is 0 Å². The Morgan fingerprint density at radius 1 is 0.643 bits per heavy atom. The maximum atomic E-state index is 5.53. The minimum atomic E-state index is 0. The lowest BCUT2D eigenvalue weighted by Gasteiger charge is -2.03. The van der Waals surface area contributed by atoms with Gasteiger partial charge in [0.2, 0.25) is 0 Å². The van der Waals surface area contributed by atoms with E-state index in [4.69, 9.17) is 4.74 Å². The van der Waals surface area contributed by atoms with E-state index in [1.165, 1.54) is 51.4 Å². The van der Waals surface area contributed by atoms with Gasteiger partial charge in [-0.05, 0) is 12.8 Å². The molecule has 0 saturated carbocycles. The van der Waals surface area contributed by atoms with Crippen LogP contribution in [0, 0.1) is 0 Å². The van der Waals surface area contributed by atoms with E-state index in [-0.39, 0.29) is 5.48 Å². The molecule has 0 heterocycles. The number of hydrogen-bond donors (Lipinski definition) is 0. The minimum Gasteiger partial charge on any atom is -0.412 e. The molecule has 14 heavy (non-hydrogen) atoms. The van der Waals surface area contributed by atoms with Crippen molar-refractivity contribution in [3.8, 4) is 0 Å². The van der Waals surface area contributed by atoms with Crippen molar-refractivity contribution in [2.45, 2.75) is 65.2 Å². The second-order valence-corrected chi connectivity index (χ2v) is 3.73. The van der Waals surface area contributed by atoms with E-state index in [0.29, 0.717) is 0 Å². The van der Waals surface area contributed by atoms with E-state index in [9.17, 15) is 0 Å². The van der Waals surface area contributed by atoms with E-state index in [1.807, 2.05) is 0 Å². The molecule has 0 bridgehead atoms.